The molecule has 5 aromatic rings. The third-order valence-corrected chi connectivity index (χ3v) is 14.7. The smallest absolute Gasteiger partial charge is 0.397 e. The number of pyridine rings is 1. The first-order valence-electron chi connectivity index (χ1n) is 18.7. The molecule has 35 heteroatoms. The molecule has 8 N–H and O–H groups in total. The van der Waals surface area contributed by atoms with Crippen LogP contribution >= 0.6 is 0 Å². The second kappa shape index (κ2) is 20.9. The van der Waals surface area contributed by atoms with Gasteiger partial charge in [-0.2, -0.15) is 48.6 Å². The third-order valence-electron chi connectivity index (χ3n) is 8.90. The Morgan fingerprint density at radius 1 is 0.638 bits per heavy atom. The molecule has 0 radical (unpaired) electrons. The zero-order valence-electron chi connectivity index (χ0n) is 35.1. The lowest BCUT2D eigenvalue weighted by Gasteiger charge is -2.14. The van der Waals surface area contributed by atoms with Gasteiger partial charge in [0.1, 0.15) is 22.0 Å². The molecule has 69 heavy (non-hydrogen) atoms. The zero-order valence-corrected chi connectivity index (χ0v) is 40.0. The summed E-state index contributed by atoms with van der Waals surface area (Å²) in [5.74, 6) is -4.69. The van der Waals surface area contributed by atoms with Crippen LogP contribution in [0.1, 0.15) is 18.1 Å². The predicted molar refractivity (Wildman–Crippen MR) is 240 cm³/mol. The van der Waals surface area contributed by atoms with Crippen molar-refractivity contribution in [2.45, 2.75) is 40.8 Å². The van der Waals surface area contributed by atoms with Crippen LogP contribution in [0.4, 0.5) is 46.3 Å². The van der Waals surface area contributed by atoms with Crippen LogP contribution in [0.5, 0.6) is 5.88 Å². The monoisotopic (exact) mass is 1080 g/mol. The van der Waals surface area contributed by atoms with E-state index < -0.39 is 124 Å². The van der Waals surface area contributed by atoms with E-state index in [0.29, 0.717) is 4.57 Å². The Balaban J connectivity index is 1.55. The van der Waals surface area contributed by atoms with E-state index in [1.807, 2.05) is 0 Å². The van der Waals surface area contributed by atoms with Gasteiger partial charge in [0, 0.05) is 29.2 Å². The summed E-state index contributed by atoms with van der Waals surface area (Å²) < 4.78 is 189. The summed E-state index contributed by atoms with van der Waals surface area (Å²) in [5.41, 5.74) is -2.79. The highest BCUT2D eigenvalue weighted by Crippen LogP contribution is 2.36. The molecule has 0 aliphatic rings. The number of benzene rings is 3. The molecule has 0 spiro atoms. The van der Waals surface area contributed by atoms with E-state index >= 15 is 0 Å². The molecule has 0 aliphatic carbocycles. The van der Waals surface area contributed by atoms with Gasteiger partial charge in [-0.05, 0) is 80.1 Å². The van der Waals surface area contributed by atoms with Gasteiger partial charge in [-0.15, -0.1) is 10.2 Å². The summed E-state index contributed by atoms with van der Waals surface area (Å²) in [7, 11) is -28.1. The summed E-state index contributed by atoms with van der Waals surface area (Å²) in [6.45, 7) is 0.564. The Morgan fingerprint density at radius 2 is 1.13 bits per heavy atom. The molecule has 29 nitrogen and oxygen atoms in total. The maximum atomic E-state index is 12.9. The molecule has 0 aliphatic heterocycles. The van der Waals surface area contributed by atoms with Gasteiger partial charge >= 0.3 is 20.8 Å². The van der Waals surface area contributed by atoms with Crippen molar-refractivity contribution >= 4 is 107 Å². The highest BCUT2D eigenvalue weighted by atomic mass is 32.3. The molecule has 3 aromatic carbocycles. The molecule has 0 unspecified atom stereocenters. The van der Waals surface area contributed by atoms with E-state index in [-0.39, 0.29) is 56.8 Å². The van der Waals surface area contributed by atoms with Gasteiger partial charge in [-0.25, -0.2) is 25.2 Å². The van der Waals surface area contributed by atoms with E-state index in [9.17, 15) is 69.5 Å². The first-order chi connectivity index (χ1) is 31.8. The summed E-state index contributed by atoms with van der Waals surface area (Å²) in [6.07, 6.45) is 0. The van der Waals surface area contributed by atoms with Crippen LogP contribution in [-0.4, -0.2) is 118 Å². The van der Waals surface area contributed by atoms with Crippen LogP contribution in [0, 0.1) is 6.92 Å². The van der Waals surface area contributed by atoms with E-state index in [1.54, 1.807) is 0 Å². The minimum atomic E-state index is -5.07. The van der Waals surface area contributed by atoms with Gasteiger partial charge < -0.3 is 21.1 Å². The van der Waals surface area contributed by atoms with Crippen molar-refractivity contribution in [2.75, 3.05) is 40.7 Å². The van der Waals surface area contributed by atoms with Crippen LogP contribution in [0.2, 0.25) is 0 Å². The first-order valence-corrected chi connectivity index (χ1v) is 27.8. The topological polar surface area (TPSA) is 446 Å². The number of aromatic nitrogens is 4. The largest absolute Gasteiger partial charge is 0.493 e. The number of rotatable bonds is 22. The number of aromatic hydroxyl groups is 1. The first kappa shape index (κ1) is 53.8. The Kier molecular flexibility index (Phi) is 16.3. The quantitative estimate of drug-likeness (QED) is 0.0364. The highest BCUT2D eigenvalue weighted by Gasteiger charge is 2.24. The van der Waals surface area contributed by atoms with Gasteiger partial charge in [0.05, 0.1) is 34.5 Å². The van der Waals surface area contributed by atoms with Crippen molar-refractivity contribution in [2.24, 2.45) is 10.2 Å². The number of hydrogen-bond donors (Lipinski definition) is 8. The van der Waals surface area contributed by atoms with E-state index in [2.05, 4.69) is 49.5 Å². The SMILES string of the molecule is CCn1c(O)c(/N=N/c2cc(Nc3nc(Nc4ccc(S(=O)(=O)CCOS(=O)(=O)O)cc4)nc(Nc4cccc(S(=O)(=O)CCOS(=O)(=O)O)c4)n3)ccc2S(=O)(=O)O)c(C)c(CS(=O)(=O)O)c1=O. The van der Waals surface area contributed by atoms with Crippen LogP contribution in [-0.2, 0) is 81.4 Å². The standard InChI is InChI=1S/C34H37N9O20S6/c1-3-43-30(44)26(19-66(50,51)52)20(2)29(31(43)45)42-41-27-18-23(9-12-28(27)67(53,54)55)37-34-39-32(35-21-7-10-24(11-8-21)64(46,47)15-13-62-68(56,57)58)38-33(40-34)36-22-5-4-6-25(17-22)65(48,49)16-14-63-69(59,60)61/h4-12,17-18,45H,3,13-16,19H2,1-2H3,(H,50,51,52)(H,53,54,55)(H,56,57,58)(H,59,60,61)(H3,35,36,37,38,39,40)/b42-41+. The Hall–Kier alpha value is -6.12. The molecule has 0 atom stereocenters. The van der Waals surface area contributed by atoms with Crippen LogP contribution < -0.4 is 21.5 Å². The number of nitrogens with zero attached hydrogens (tertiary/aromatic N) is 6. The molecule has 374 valence electrons. The fourth-order valence-electron chi connectivity index (χ4n) is 5.80. The lowest BCUT2D eigenvalue weighted by atomic mass is 10.1. The lowest BCUT2D eigenvalue weighted by Crippen LogP contribution is -2.26. The summed E-state index contributed by atoms with van der Waals surface area (Å²) >= 11 is 0. The Labute approximate surface area is 392 Å². The minimum absolute atomic E-state index is 0.0234. The van der Waals surface area contributed by atoms with Gasteiger partial charge in [0.25, 0.3) is 25.8 Å². The number of anilines is 6. The summed E-state index contributed by atoms with van der Waals surface area (Å²) in [4.78, 5) is 24.2. The molecule has 0 saturated heterocycles. The van der Waals surface area contributed by atoms with Gasteiger partial charge in [0.15, 0.2) is 19.7 Å². The van der Waals surface area contributed by atoms with Crippen molar-refractivity contribution in [3.05, 3.63) is 88.2 Å². The average Bonchev–Trinajstić information content (AvgIpc) is 3.21. The summed E-state index contributed by atoms with van der Waals surface area (Å²) in [6, 6.07) is 12.7. The minimum Gasteiger partial charge on any atom is -0.493 e. The number of nitrogens with one attached hydrogen (secondary N) is 3. The van der Waals surface area contributed by atoms with Crippen molar-refractivity contribution in [1.29, 1.82) is 0 Å². The van der Waals surface area contributed by atoms with Crippen LogP contribution in [0.15, 0.2) is 96.4 Å². The fraction of sp³-hybridized carbons (Fsp3) is 0.235. The van der Waals surface area contributed by atoms with E-state index in [1.165, 1.54) is 44.2 Å². The van der Waals surface area contributed by atoms with Crippen LogP contribution in [0.25, 0.3) is 0 Å². The van der Waals surface area contributed by atoms with Gasteiger partial charge in [0.2, 0.25) is 23.7 Å². The Bertz CT molecular complexity index is 3580. The molecular formula is C34H37N9O20S6. The second-order valence-electron chi connectivity index (χ2n) is 13.8. The van der Waals surface area contributed by atoms with E-state index in [0.717, 1.165) is 36.4 Å². The fourth-order valence-corrected chi connectivity index (χ4v) is 10.1. The highest BCUT2D eigenvalue weighted by molar-refractivity contribution is 7.91. The molecule has 0 fully saturated rings. The molecule has 2 aromatic heterocycles. The van der Waals surface area contributed by atoms with Crippen molar-refractivity contribution in [3.63, 3.8) is 0 Å². The molecule has 0 amide bonds. The van der Waals surface area contributed by atoms with Gasteiger partial charge in [-0.3, -0.25) is 27.6 Å². The lowest BCUT2D eigenvalue weighted by molar-refractivity contribution is 0.282. The zero-order chi connectivity index (χ0) is 51.3. The number of sulfone groups is 2. The normalized spacial score (nSPS) is 12.8. The summed E-state index contributed by atoms with van der Waals surface area (Å²) in [5, 5.41) is 26.9. The molecule has 5 rings (SSSR count). The Morgan fingerprint density at radius 3 is 1.62 bits per heavy atom. The number of hydrogen-bond acceptors (Lipinski definition) is 24. The van der Waals surface area contributed by atoms with Gasteiger partial charge in [-0.1, -0.05) is 6.07 Å². The van der Waals surface area contributed by atoms with Crippen molar-refractivity contribution < 1.29 is 82.2 Å². The van der Waals surface area contributed by atoms with E-state index in [4.69, 9.17) is 9.11 Å². The maximum Gasteiger partial charge on any atom is 0.397 e. The second-order valence-corrected chi connectivity index (χ2v) is 23.0. The molecular weight excluding hydrogens is 1050 g/mol. The average molecular weight is 1080 g/mol. The van der Waals surface area contributed by atoms with Crippen molar-refractivity contribution in [1.82, 2.24) is 19.5 Å². The third kappa shape index (κ3) is 15.2. The predicted octanol–water partition coefficient (Wildman–Crippen LogP) is 2.53. The molecule has 0 saturated carbocycles. The van der Waals surface area contributed by atoms with Crippen molar-refractivity contribution in [3.8, 4) is 5.88 Å². The maximum absolute atomic E-state index is 12.9. The van der Waals surface area contributed by atoms with Crippen LogP contribution in [0.3, 0.4) is 0 Å². The molecule has 0 bridgehead atoms. The number of azo groups is 1. The molecule has 2 heterocycles.